The van der Waals surface area contributed by atoms with E-state index in [1.807, 2.05) is 24.3 Å². The van der Waals surface area contributed by atoms with Crippen LogP contribution < -0.4 is 5.32 Å². The third-order valence-corrected chi connectivity index (χ3v) is 4.33. The number of nitrogens with one attached hydrogen (secondary N) is 2. The molecule has 2 amide bonds. The highest BCUT2D eigenvalue weighted by molar-refractivity contribution is 5.76. The van der Waals surface area contributed by atoms with Gasteiger partial charge in [-0.15, -0.1) is 0 Å². The SMILES string of the molecule is CC(C)[C@@H](NC(=O)N1CCC[C@@H](O)C1)c1nc2ccccc2[nH]1. The molecule has 1 fully saturated rings. The fourth-order valence-corrected chi connectivity index (χ4v) is 3.03. The maximum Gasteiger partial charge on any atom is 0.318 e. The quantitative estimate of drug-likeness (QED) is 0.813. The van der Waals surface area contributed by atoms with E-state index in [2.05, 4.69) is 29.1 Å². The second-order valence-corrected chi connectivity index (χ2v) is 6.55. The number of aliphatic hydroxyl groups is 1. The first-order chi connectivity index (χ1) is 11.0. The Labute approximate surface area is 135 Å². The number of likely N-dealkylation sites (tertiary alicyclic amines) is 1. The fraction of sp³-hybridized carbons (Fsp3) is 0.529. The Morgan fingerprint density at radius 1 is 1.43 bits per heavy atom. The Kier molecular flexibility index (Phi) is 4.52. The molecule has 3 N–H and O–H groups in total. The summed E-state index contributed by atoms with van der Waals surface area (Å²) < 4.78 is 0. The van der Waals surface area contributed by atoms with Crippen molar-refractivity contribution in [3.63, 3.8) is 0 Å². The Balaban J connectivity index is 1.77. The van der Waals surface area contributed by atoms with Crippen molar-refractivity contribution in [2.75, 3.05) is 13.1 Å². The number of urea groups is 1. The van der Waals surface area contributed by atoms with Crippen LogP contribution in [0.4, 0.5) is 4.79 Å². The van der Waals surface area contributed by atoms with E-state index in [0.717, 1.165) is 29.7 Å². The topological polar surface area (TPSA) is 81.2 Å². The van der Waals surface area contributed by atoms with Crippen LogP contribution in [0.5, 0.6) is 0 Å². The van der Waals surface area contributed by atoms with Crippen LogP contribution in [-0.2, 0) is 0 Å². The van der Waals surface area contributed by atoms with Crippen molar-refractivity contribution >= 4 is 17.1 Å². The number of benzene rings is 1. The van der Waals surface area contributed by atoms with Crippen LogP contribution in [0.2, 0.25) is 0 Å². The molecule has 0 unspecified atom stereocenters. The minimum atomic E-state index is -0.418. The van der Waals surface area contributed by atoms with Crippen LogP contribution in [0.1, 0.15) is 38.6 Å². The third-order valence-electron chi connectivity index (χ3n) is 4.33. The van der Waals surface area contributed by atoms with Crippen molar-refractivity contribution in [2.45, 2.75) is 38.8 Å². The van der Waals surface area contributed by atoms with Crippen LogP contribution in [0.25, 0.3) is 11.0 Å². The van der Waals surface area contributed by atoms with E-state index in [9.17, 15) is 9.90 Å². The normalized spacial score (nSPS) is 20.0. The molecule has 6 nitrogen and oxygen atoms in total. The summed E-state index contributed by atoms with van der Waals surface area (Å²) in [5, 5.41) is 12.8. The molecule has 1 aliphatic heterocycles. The van der Waals surface area contributed by atoms with E-state index >= 15 is 0 Å². The van der Waals surface area contributed by atoms with Gasteiger partial charge in [-0.3, -0.25) is 0 Å². The minimum absolute atomic E-state index is 0.136. The van der Waals surface area contributed by atoms with Gasteiger partial charge in [0.05, 0.1) is 23.2 Å². The largest absolute Gasteiger partial charge is 0.391 e. The molecule has 0 radical (unpaired) electrons. The summed E-state index contributed by atoms with van der Waals surface area (Å²) in [6.07, 6.45) is 1.19. The summed E-state index contributed by atoms with van der Waals surface area (Å²) in [6, 6.07) is 7.52. The van der Waals surface area contributed by atoms with Crippen molar-refractivity contribution in [2.24, 2.45) is 5.92 Å². The number of carbonyl (C=O) groups excluding carboxylic acids is 1. The number of aliphatic hydroxyl groups excluding tert-OH is 1. The molecule has 23 heavy (non-hydrogen) atoms. The molecule has 3 rings (SSSR count). The lowest BCUT2D eigenvalue weighted by Gasteiger charge is -2.32. The number of fused-ring (bicyclic) bond motifs is 1. The molecular weight excluding hydrogens is 292 g/mol. The van der Waals surface area contributed by atoms with Gasteiger partial charge in [0, 0.05) is 13.1 Å². The van der Waals surface area contributed by atoms with Gasteiger partial charge in [-0.25, -0.2) is 9.78 Å². The number of amides is 2. The number of para-hydroxylation sites is 2. The average molecular weight is 316 g/mol. The zero-order chi connectivity index (χ0) is 16.4. The van der Waals surface area contributed by atoms with Gasteiger partial charge in [-0.2, -0.15) is 0 Å². The molecule has 0 bridgehead atoms. The Morgan fingerprint density at radius 2 is 2.22 bits per heavy atom. The first-order valence-corrected chi connectivity index (χ1v) is 8.22. The van der Waals surface area contributed by atoms with Gasteiger partial charge in [-0.1, -0.05) is 26.0 Å². The highest BCUT2D eigenvalue weighted by Gasteiger charge is 2.27. The van der Waals surface area contributed by atoms with Gasteiger partial charge in [0.25, 0.3) is 0 Å². The van der Waals surface area contributed by atoms with Crippen molar-refractivity contribution in [3.05, 3.63) is 30.1 Å². The molecule has 0 aliphatic carbocycles. The summed E-state index contributed by atoms with van der Waals surface area (Å²) in [4.78, 5) is 22.1. The molecule has 124 valence electrons. The van der Waals surface area contributed by atoms with E-state index in [-0.39, 0.29) is 18.0 Å². The monoisotopic (exact) mass is 316 g/mol. The molecule has 1 aliphatic rings. The molecule has 0 spiro atoms. The Bertz CT molecular complexity index is 649. The van der Waals surface area contributed by atoms with Gasteiger partial charge in [-0.05, 0) is 30.9 Å². The lowest BCUT2D eigenvalue weighted by atomic mass is 10.0. The zero-order valence-corrected chi connectivity index (χ0v) is 13.6. The summed E-state index contributed by atoms with van der Waals surface area (Å²) in [5.74, 6) is 0.973. The van der Waals surface area contributed by atoms with Gasteiger partial charge >= 0.3 is 6.03 Å². The average Bonchev–Trinajstić information content (AvgIpc) is 2.95. The standard InChI is InChI=1S/C17H24N4O2/c1-11(2)15(16-18-13-7-3-4-8-14(13)19-16)20-17(23)21-9-5-6-12(22)10-21/h3-4,7-8,11-12,15,22H,5-6,9-10H2,1-2H3,(H,18,19)(H,20,23)/t12-,15-/m1/s1. The fourth-order valence-electron chi connectivity index (χ4n) is 3.03. The second kappa shape index (κ2) is 6.58. The van der Waals surface area contributed by atoms with E-state index < -0.39 is 6.10 Å². The molecular formula is C17H24N4O2. The Morgan fingerprint density at radius 3 is 2.91 bits per heavy atom. The lowest BCUT2D eigenvalue weighted by Crippen LogP contribution is -2.48. The highest BCUT2D eigenvalue weighted by atomic mass is 16.3. The summed E-state index contributed by atoms with van der Waals surface area (Å²) in [6.45, 7) is 5.21. The number of hydrogen-bond acceptors (Lipinski definition) is 3. The number of rotatable bonds is 3. The number of aromatic amines is 1. The minimum Gasteiger partial charge on any atom is -0.391 e. The van der Waals surface area contributed by atoms with Crippen LogP contribution in [-0.4, -0.2) is 45.2 Å². The predicted molar refractivity (Wildman–Crippen MR) is 89.0 cm³/mol. The molecule has 1 aromatic heterocycles. The molecule has 1 aromatic carbocycles. The van der Waals surface area contributed by atoms with E-state index in [0.29, 0.717) is 13.1 Å². The third kappa shape index (κ3) is 3.47. The second-order valence-electron chi connectivity index (χ2n) is 6.55. The number of piperidine rings is 1. The van der Waals surface area contributed by atoms with Crippen molar-refractivity contribution in [1.82, 2.24) is 20.2 Å². The summed E-state index contributed by atoms with van der Waals surface area (Å²) >= 11 is 0. The molecule has 0 saturated carbocycles. The van der Waals surface area contributed by atoms with E-state index in [1.54, 1.807) is 4.90 Å². The number of H-pyrrole nitrogens is 1. The Hall–Kier alpha value is -2.08. The highest BCUT2D eigenvalue weighted by Crippen LogP contribution is 2.23. The van der Waals surface area contributed by atoms with Crippen molar-refractivity contribution in [1.29, 1.82) is 0 Å². The molecule has 2 aromatic rings. The van der Waals surface area contributed by atoms with Gasteiger partial charge < -0.3 is 20.3 Å². The number of carbonyl (C=O) groups is 1. The van der Waals surface area contributed by atoms with Crippen molar-refractivity contribution < 1.29 is 9.90 Å². The molecule has 2 atom stereocenters. The molecule has 1 saturated heterocycles. The van der Waals surface area contributed by atoms with E-state index in [1.165, 1.54) is 0 Å². The van der Waals surface area contributed by atoms with Gasteiger partial charge in [0.1, 0.15) is 5.82 Å². The van der Waals surface area contributed by atoms with Gasteiger partial charge in [0.2, 0.25) is 0 Å². The van der Waals surface area contributed by atoms with Gasteiger partial charge in [0.15, 0.2) is 0 Å². The molecule has 6 heteroatoms. The number of nitrogens with zero attached hydrogens (tertiary/aromatic N) is 2. The van der Waals surface area contributed by atoms with Crippen molar-refractivity contribution in [3.8, 4) is 0 Å². The van der Waals surface area contributed by atoms with Crippen LogP contribution >= 0.6 is 0 Å². The first kappa shape index (κ1) is 15.8. The zero-order valence-electron chi connectivity index (χ0n) is 13.6. The smallest absolute Gasteiger partial charge is 0.318 e. The van der Waals surface area contributed by atoms with Crippen LogP contribution in [0.3, 0.4) is 0 Å². The number of imidazole rings is 1. The maximum absolute atomic E-state index is 12.5. The number of hydrogen-bond donors (Lipinski definition) is 3. The summed E-state index contributed by atoms with van der Waals surface area (Å²) in [5.41, 5.74) is 1.87. The van der Waals surface area contributed by atoms with Crippen LogP contribution in [0, 0.1) is 5.92 Å². The first-order valence-electron chi connectivity index (χ1n) is 8.22. The van der Waals surface area contributed by atoms with E-state index in [4.69, 9.17) is 0 Å². The predicted octanol–water partition coefficient (Wildman–Crippen LogP) is 2.43. The van der Waals surface area contributed by atoms with Crippen LogP contribution in [0.15, 0.2) is 24.3 Å². The number of aromatic nitrogens is 2. The lowest BCUT2D eigenvalue weighted by molar-refractivity contribution is 0.0825. The number of β-amino-alcohol motifs (C(OH)–C–C–N with tert-alkyl or cyclic N) is 1. The molecule has 2 heterocycles. The maximum atomic E-state index is 12.5. The summed E-state index contributed by atoms with van der Waals surface area (Å²) in [7, 11) is 0.